The monoisotopic (exact) mass is 246 g/mol. The van der Waals surface area contributed by atoms with Gasteiger partial charge in [0.15, 0.2) is 0 Å². The van der Waals surface area contributed by atoms with Gasteiger partial charge in [-0.25, -0.2) is 0 Å². The number of benzene rings is 1. The second-order valence-electron chi connectivity index (χ2n) is 5.63. The molecule has 2 N–H and O–H groups in total. The van der Waals surface area contributed by atoms with Crippen molar-refractivity contribution in [3.05, 3.63) is 35.4 Å². The Morgan fingerprint density at radius 1 is 1.39 bits per heavy atom. The molecule has 3 heteroatoms. The number of amides is 1. The fourth-order valence-corrected chi connectivity index (χ4v) is 2.57. The Morgan fingerprint density at radius 2 is 2.11 bits per heavy atom. The number of carbonyl (C=O) groups is 1. The van der Waals surface area contributed by atoms with E-state index in [1.54, 1.807) is 7.05 Å². The molecule has 0 aromatic heterocycles. The van der Waals surface area contributed by atoms with Crippen molar-refractivity contribution >= 4 is 5.91 Å². The quantitative estimate of drug-likeness (QED) is 0.853. The first-order valence-electron chi connectivity index (χ1n) is 6.58. The van der Waals surface area contributed by atoms with Crippen LogP contribution in [0.5, 0.6) is 0 Å². The van der Waals surface area contributed by atoms with Crippen molar-refractivity contribution in [3.63, 3.8) is 0 Å². The summed E-state index contributed by atoms with van der Waals surface area (Å²) in [5.41, 5.74) is 2.46. The lowest BCUT2D eigenvalue weighted by Crippen LogP contribution is -2.42. The van der Waals surface area contributed by atoms with Gasteiger partial charge in [-0.15, -0.1) is 0 Å². The van der Waals surface area contributed by atoms with Gasteiger partial charge in [-0.3, -0.25) is 4.79 Å². The number of nitrogens with one attached hydrogen (secondary N) is 2. The maximum Gasteiger partial charge on any atom is 0.226 e. The molecule has 1 unspecified atom stereocenters. The summed E-state index contributed by atoms with van der Waals surface area (Å²) in [4.78, 5) is 11.7. The van der Waals surface area contributed by atoms with Gasteiger partial charge in [0, 0.05) is 19.6 Å². The minimum absolute atomic E-state index is 0.0845. The highest BCUT2D eigenvalue weighted by Crippen LogP contribution is 2.31. The van der Waals surface area contributed by atoms with Crippen molar-refractivity contribution in [2.24, 2.45) is 5.41 Å². The molecule has 2 rings (SSSR count). The van der Waals surface area contributed by atoms with Crippen LogP contribution in [0.3, 0.4) is 0 Å². The lowest BCUT2D eigenvalue weighted by Gasteiger charge is -2.25. The zero-order valence-electron chi connectivity index (χ0n) is 11.4. The van der Waals surface area contributed by atoms with Crippen LogP contribution < -0.4 is 10.6 Å². The third kappa shape index (κ3) is 2.56. The number of hydrogen-bond acceptors (Lipinski definition) is 2. The highest BCUT2D eigenvalue weighted by molar-refractivity contribution is 5.81. The molecule has 0 saturated heterocycles. The van der Waals surface area contributed by atoms with Gasteiger partial charge in [0.05, 0.1) is 5.41 Å². The topological polar surface area (TPSA) is 41.1 Å². The molecule has 0 aliphatic heterocycles. The van der Waals surface area contributed by atoms with Gasteiger partial charge in [-0.05, 0) is 37.8 Å². The average Bonchev–Trinajstić information content (AvgIpc) is 2.78. The molecule has 18 heavy (non-hydrogen) atoms. The minimum atomic E-state index is -0.369. The van der Waals surface area contributed by atoms with Gasteiger partial charge in [-0.1, -0.05) is 24.3 Å². The third-order valence-corrected chi connectivity index (χ3v) is 3.77. The minimum Gasteiger partial charge on any atom is -0.359 e. The summed E-state index contributed by atoms with van der Waals surface area (Å²) in [7, 11) is 1.69. The van der Waals surface area contributed by atoms with Crippen molar-refractivity contribution in [1.29, 1.82) is 0 Å². The highest BCUT2D eigenvalue weighted by atomic mass is 16.2. The van der Waals surface area contributed by atoms with Crippen molar-refractivity contribution in [3.8, 4) is 0 Å². The molecule has 1 atom stereocenters. The number of fused-ring (bicyclic) bond motifs is 1. The Hall–Kier alpha value is -1.35. The van der Waals surface area contributed by atoms with Crippen LogP contribution in [0, 0.1) is 5.41 Å². The second kappa shape index (κ2) is 5.11. The van der Waals surface area contributed by atoms with E-state index in [-0.39, 0.29) is 11.3 Å². The van der Waals surface area contributed by atoms with Crippen LogP contribution in [0.1, 0.15) is 37.4 Å². The van der Waals surface area contributed by atoms with Crippen LogP contribution in [-0.4, -0.2) is 19.5 Å². The van der Waals surface area contributed by atoms with Gasteiger partial charge >= 0.3 is 0 Å². The van der Waals surface area contributed by atoms with Crippen LogP contribution in [0.25, 0.3) is 0 Å². The first kappa shape index (κ1) is 13.1. The predicted molar refractivity (Wildman–Crippen MR) is 73.4 cm³/mol. The van der Waals surface area contributed by atoms with Crippen LogP contribution in [0.2, 0.25) is 0 Å². The lowest BCUT2D eigenvalue weighted by atomic mass is 9.91. The van der Waals surface area contributed by atoms with E-state index in [1.165, 1.54) is 11.1 Å². The largest absolute Gasteiger partial charge is 0.359 e. The van der Waals surface area contributed by atoms with E-state index in [0.29, 0.717) is 12.6 Å². The molecule has 3 nitrogen and oxygen atoms in total. The van der Waals surface area contributed by atoms with E-state index in [9.17, 15) is 4.79 Å². The summed E-state index contributed by atoms with van der Waals surface area (Å²) in [6.45, 7) is 4.64. The van der Waals surface area contributed by atoms with Gasteiger partial charge < -0.3 is 10.6 Å². The van der Waals surface area contributed by atoms with E-state index >= 15 is 0 Å². The first-order chi connectivity index (χ1) is 8.54. The van der Waals surface area contributed by atoms with Crippen molar-refractivity contribution < 1.29 is 4.79 Å². The van der Waals surface area contributed by atoms with E-state index in [4.69, 9.17) is 0 Å². The molecular weight excluding hydrogens is 224 g/mol. The smallest absolute Gasteiger partial charge is 0.226 e. The van der Waals surface area contributed by atoms with E-state index < -0.39 is 0 Å². The number of aryl methyl sites for hydroxylation is 1. The zero-order chi connectivity index (χ0) is 13.2. The van der Waals surface area contributed by atoms with E-state index in [0.717, 1.165) is 12.8 Å². The summed E-state index contributed by atoms with van der Waals surface area (Å²) in [5.74, 6) is 0.0845. The first-order valence-corrected chi connectivity index (χ1v) is 6.58. The molecular formula is C15H22N2O. The fraction of sp³-hybridized carbons (Fsp3) is 0.533. The summed E-state index contributed by atoms with van der Waals surface area (Å²) in [5, 5.41) is 6.25. The Morgan fingerprint density at radius 3 is 2.83 bits per heavy atom. The Bertz CT molecular complexity index is 440. The van der Waals surface area contributed by atoms with Gasteiger partial charge in [0.2, 0.25) is 5.91 Å². The summed E-state index contributed by atoms with van der Waals surface area (Å²) in [6.07, 6.45) is 2.26. The van der Waals surface area contributed by atoms with Crippen LogP contribution in [0.15, 0.2) is 24.3 Å². The van der Waals surface area contributed by atoms with Crippen LogP contribution in [-0.2, 0) is 11.2 Å². The molecule has 1 aromatic rings. The summed E-state index contributed by atoms with van der Waals surface area (Å²) >= 11 is 0. The molecule has 1 aromatic carbocycles. The standard InChI is InChI=1S/C15H22N2O/c1-15(2,14(18)16-3)10-17-13-9-8-11-6-4-5-7-12(11)13/h4-7,13,17H,8-10H2,1-3H3,(H,16,18). The maximum absolute atomic E-state index is 11.7. The number of rotatable bonds is 4. The average molecular weight is 246 g/mol. The predicted octanol–water partition coefficient (Wildman–Crippen LogP) is 2.04. The maximum atomic E-state index is 11.7. The van der Waals surface area contributed by atoms with Crippen molar-refractivity contribution in [2.75, 3.05) is 13.6 Å². The van der Waals surface area contributed by atoms with Crippen molar-refractivity contribution in [2.45, 2.75) is 32.7 Å². The van der Waals surface area contributed by atoms with Crippen LogP contribution in [0.4, 0.5) is 0 Å². The molecule has 0 radical (unpaired) electrons. The van der Waals surface area contributed by atoms with Gasteiger partial charge in [0.25, 0.3) is 0 Å². The highest BCUT2D eigenvalue weighted by Gasteiger charge is 2.29. The Labute approximate surface area is 109 Å². The Balaban J connectivity index is 1.99. The van der Waals surface area contributed by atoms with Gasteiger partial charge in [0.1, 0.15) is 0 Å². The zero-order valence-corrected chi connectivity index (χ0v) is 11.4. The second-order valence-corrected chi connectivity index (χ2v) is 5.63. The Kier molecular flexibility index (Phi) is 3.71. The van der Waals surface area contributed by atoms with E-state index in [2.05, 4.69) is 34.9 Å². The van der Waals surface area contributed by atoms with Crippen molar-refractivity contribution in [1.82, 2.24) is 10.6 Å². The molecule has 0 bridgehead atoms. The SMILES string of the molecule is CNC(=O)C(C)(C)CNC1CCc2ccccc21. The molecule has 0 heterocycles. The molecule has 1 amide bonds. The molecule has 0 fully saturated rings. The lowest BCUT2D eigenvalue weighted by molar-refractivity contribution is -0.128. The fourth-order valence-electron chi connectivity index (χ4n) is 2.57. The van der Waals surface area contributed by atoms with Crippen LogP contribution >= 0.6 is 0 Å². The van der Waals surface area contributed by atoms with E-state index in [1.807, 2.05) is 13.8 Å². The molecule has 0 saturated carbocycles. The molecule has 98 valence electrons. The third-order valence-electron chi connectivity index (χ3n) is 3.77. The van der Waals surface area contributed by atoms with Gasteiger partial charge in [-0.2, -0.15) is 0 Å². The molecule has 0 spiro atoms. The summed E-state index contributed by atoms with van der Waals surface area (Å²) in [6, 6.07) is 8.96. The number of hydrogen-bond donors (Lipinski definition) is 2. The normalized spacial score (nSPS) is 18.5. The molecule has 1 aliphatic carbocycles. The summed E-state index contributed by atoms with van der Waals surface area (Å²) < 4.78 is 0. The number of carbonyl (C=O) groups excluding carboxylic acids is 1. The molecule has 1 aliphatic rings.